The van der Waals surface area contributed by atoms with Gasteiger partial charge in [0.1, 0.15) is 5.78 Å². The summed E-state index contributed by atoms with van der Waals surface area (Å²) in [4.78, 5) is 15.5. The Kier molecular flexibility index (Phi) is 4.47. The predicted octanol–water partition coefficient (Wildman–Crippen LogP) is 2.88. The van der Waals surface area contributed by atoms with E-state index in [0.717, 1.165) is 12.8 Å². The van der Waals surface area contributed by atoms with Gasteiger partial charge in [0.15, 0.2) is 0 Å². The van der Waals surface area contributed by atoms with Gasteiger partial charge in [-0.15, -0.1) is 0 Å². The Morgan fingerprint density at radius 2 is 2.20 bits per heavy atom. The number of pyridine rings is 1. The Morgan fingerprint density at radius 3 is 2.67 bits per heavy atom. The lowest BCUT2D eigenvalue weighted by atomic mass is 9.87. The molecule has 0 aliphatic heterocycles. The molecule has 1 unspecified atom stereocenters. The number of nitrogens with zero attached hydrogens (tertiary/aromatic N) is 1. The van der Waals surface area contributed by atoms with E-state index < -0.39 is 0 Å². The molecule has 2 heteroatoms. The molecule has 1 aromatic heterocycles. The first-order chi connectivity index (χ1) is 7.11. The summed E-state index contributed by atoms with van der Waals surface area (Å²) in [6.07, 6.45) is 5.51. The van der Waals surface area contributed by atoms with Crippen molar-refractivity contribution in [1.82, 2.24) is 4.98 Å². The summed E-state index contributed by atoms with van der Waals surface area (Å²) in [6, 6.07) is 4.00. The third-order valence-electron chi connectivity index (χ3n) is 2.79. The van der Waals surface area contributed by atoms with Gasteiger partial charge in [0.25, 0.3) is 0 Å². The summed E-state index contributed by atoms with van der Waals surface area (Å²) in [5.41, 5.74) is 1.21. The number of hydrogen-bond acceptors (Lipinski definition) is 2. The van der Waals surface area contributed by atoms with Crippen molar-refractivity contribution in [2.24, 2.45) is 11.8 Å². The first-order valence-corrected chi connectivity index (χ1v) is 5.50. The lowest BCUT2D eigenvalue weighted by Gasteiger charge is -2.17. The molecule has 1 rings (SSSR count). The molecular weight excluding hydrogens is 186 g/mol. The number of carbonyl (C=O) groups is 1. The Labute approximate surface area is 91.7 Å². The van der Waals surface area contributed by atoms with Gasteiger partial charge >= 0.3 is 0 Å². The Hall–Kier alpha value is -1.18. The molecule has 0 N–H and O–H groups in total. The van der Waals surface area contributed by atoms with Crippen LogP contribution < -0.4 is 0 Å². The second-order valence-corrected chi connectivity index (χ2v) is 4.36. The summed E-state index contributed by atoms with van der Waals surface area (Å²) in [5, 5.41) is 0. The van der Waals surface area contributed by atoms with Gasteiger partial charge in [-0.05, 0) is 37.3 Å². The monoisotopic (exact) mass is 205 g/mol. The van der Waals surface area contributed by atoms with E-state index in [9.17, 15) is 4.79 Å². The fourth-order valence-corrected chi connectivity index (χ4v) is 1.87. The molecule has 0 saturated carbocycles. The fourth-order valence-electron chi connectivity index (χ4n) is 1.87. The van der Waals surface area contributed by atoms with Gasteiger partial charge in [0.2, 0.25) is 0 Å². The number of rotatable bonds is 5. The van der Waals surface area contributed by atoms with Crippen LogP contribution in [0.1, 0.15) is 32.8 Å². The van der Waals surface area contributed by atoms with Gasteiger partial charge in [-0.25, -0.2) is 0 Å². The maximum absolute atomic E-state index is 11.4. The quantitative estimate of drug-likeness (QED) is 0.739. The Morgan fingerprint density at radius 1 is 1.47 bits per heavy atom. The summed E-state index contributed by atoms with van der Waals surface area (Å²) < 4.78 is 0. The van der Waals surface area contributed by atoms with Crippen molar-refractivity contribution in [2.45, 2.75) is 33.6 Å². The van der Waals surface area contributed by atoms with Gasteiger partial charge in [0.05, 0.1) is 0 Å². The van der Waals surface area contributed by atoms with Crippen LogP contribution in [-0.4, -0.2) is 10.8 Å². The summed E-state index contributed by atoms with van der Waals surface area (Å²) in [6.45, 7) is 5.90. The van der Waals surface area contributed by atoms with E-state index in [1.807, 2.05) is 12.3 Å². The van der Waals surface area contributed by atoms with Crippen LogP contribution in [0.3, 0.4) is 0 Å². The molecule has 15 heavy (non-hydrogen) atoms. The number of aryl methyl sites for hydroxylation is 1. The first kappa shape index (κ1) is 11.9. The smallest absolute Gasteiger partial charge is 0.133 e. The van der Waals surface area contributed by atoms with Gasteiger partial charge in [-0.2, -0.15) is 0 Å². The number of ketones is 1. The number of hydrogen-bond donors (Lipinski definition) is 0. The van der Waals surface area contributed by atoms with Gasteiger partial charge < -0.3 is 0 Å². The van der Waals surface area contributed by atoms with Crippen molar-refractivity contribution >= 4 is 5.78 Å². The highest BCUT2D eigenvalue weighted by molar-refractivity contribution is 5.78. The molecule has 0 aliphatic rings. The first-order valence-electron chi connectivity index (χ1n) is 5.50. The van der Waals surface area contributed by atoms with Gasteiger partial charge in [0, 0.05) is 18.3 Å². The van der Waals surface area contributed by atoms with Crippen molar-refractivity contribution in [3.8, 4) is 0 Å². The van der Waals surface area contributed by atoms with Crippen molar-refractivity contribution in [1.29, 1.82) is 0 Å². The molecule has 0 amide bonds. The highest BCUT2D eigenvalue weighted by Crippen LogP contribution is 2.18. The second kappa shape index (κ2) is 5.64. The van der Waals surface area contributed by atoms with Crippen molar-refractivity contribution in [3.63, 3.8) is 0 Å². The molecule has 1 atom stereocenters. The SMILES string of the molecule is CC(=O)C(CCc1cccnc1)C(C)C. The van der Waals surface area contributed by atoms with Crippen LogP contribution in [0.5, 0.6) is 0 Å². The standard InChI is InChI=1S/C13H19NO/c1-10(2)13(11(3)15)7-6-12-5-4-8-14-9-12/h4-5,8-10,13H,6-7H2,1-3H3. The maximum Gasteiger partial charge on any atom is 0.133 e. The highest BCUT2D eigenvalue weighted by Gasteiger charge is 2.17. The third kappa shape index (κ3) is 3.82. The lowest BCUT2D eigenvalue weighted by Crippen LogP contribution is -2.18. The molecule has 0 saturated heterocycles. The van der Waals surface area contributed by atoms with E-state index >= 15 is 0 Å². The van der Waals surface area contributed by atoms with E-state index in [-0.39, 0.29) is 5.92 Å². The van der Waals surface area contributed by atoms with E-state index in [1.165, 1.54) is 5.56 Å². The summed E-state index contributed by atoms with van der Waals surface area (Å²) >= 11 is 0. The lowest BCUT2D eigenvalue weighted by molar-refractivity contribution is -0.122. The van der Waals surface area contributed by atoms with E-state index in [2.05, 4.69) is 24.9 Å². The third-order valence-corrected chi connectivity index (χ3v) is 2.79. The zero-order chi connectivity index (χ0) is 11.3. The summed E-state index contributed by atoms with van der Waals surface area (Å²) in [5.74, 6) is 0.915. The predicted molar refractivity (Wildman–Crippen MR) is 61.6 cm³/mol. The minimum absolute atomic E-state index is 0.185. The number of aromatic nitrogens is 1. The Balaban J connectivity index is 2.51. The molecule has 0 spiro atoms. The van der Waals surface area contributed by atoms with Crippen LogP contribution in [0.4, 0.5) is 0 Å². The molecule has 0 radical (unpaired) electrons. The minimum Gasteiger partial charge on any atom is -0.300 e. The topological polar surface area (TPSA) is 30.0 Å². The second-order valence-electron chi connectivity index (χ2n) is 4.36. The molecule has 1 heterocycles. The molecular formula is C13H19NO. The van der Waals surface area contributed by atoms with Crippen LogP contribution >= 0.6 is 0 Å². The van der Waals surface area contributed by atoms with Crippen molar-refractivity contribution < 1.29 is 4.79 Å². The summed E-state index contributed by atoms with van der Waals surface area (Å²) in [7, 11) is 0. The van der Waals surface area contributed by atoms with Gasteiger partial charge in [-0.3, -0.25) is 9.78 Å². The zero-order valence-electron chi connectivity index (χ0n) is 9.73. The van der Waals surface area contributed by atoms with E-state index in [1.54, 1.807) is 13.1 Å². The Bertz CT molecular complexity index is 306. The molecule has 1 aromatic rings. The molecule has 0 bridgehead atoms. The number of Topliss-reactive ketones (excluding diaryl/α,β-unsaturated/α-hetero) is 1. The normalized spacial score (nSPS) is 12.8. The molecule has 0 aromatic carbocycles. The van der Waals surface area contributed by atoms with E-state index in [0.29, 0.717) is 11.7 Å². The minimum atomic E-state index is 0.185. The van der Waals surface area contributed by atoms with E-state index in [4.69, 9.17) is 0 Å². The van der Waals surface area contributed by atoms with Crippen LogP contribution in [0, 0.1) is 11.8 Å². The van der Waals surface area contributed by atoms with Crippen LogP contribution in [-0.2, 0) is 11.2 Å². The van der Waals surface area contributed by atoms with Crippen LogP contribution in [0.25, 0.3) is 0 Å². The maximum atomic E-state index is 11.4. The molecule has 2 nitrogen and oxygen atoms in total. The molecule has 82 valence electrons. The van der Waals surface area contributed by atoms with Gasteiger partial charge in [-0.1, -0.05) is 19.9 Å². The molecule has 0 fully saturated rings. The average Bonchev–Trinajstić information content (AvgIpc) is 2.18. The number of carbonyl (C=O) groups excluding carboxylic acids is 1. The van der Waals surface area contributed by atoms with Crippen molar-refractivity contribution in [2.75, 3.05) is 0 Å². The molecule has 0 aliphatic carbocycles. The van der Waals surface area contributed by atoms with Crippen molar-refractivity contribution in [3.05, 3.63) is 30.1 Å². The highest BCUT2D eigenvalue weighted by atomic mass is 16.1. The van der Waals surface area contributed by atoms with Crippen LogP contribution in [0.15, 0.2) is 24.5 Å². The average molecular weight is 205 g/mol. The fraction of sp³-hybridized carbons (Fsp3) is 0.538. The largest absolute Gasteiger partial charge is 0.300 e. The van der Waals surface area contributed by atoms with Crippen LogP contribution in [0.2, 0.25) is 0 Å². The zero-order valence-corrected chi connectivity index (χ0v) is 9.73.